The summed E-state index contributed by atoms with van der Waals surface area (Å²) in [5.74, 6) is 0.373. The van der Waals surface area contributed by atoms with E-state index in [2.05, 4.69) is 5.32 Å². The minimum Gasteiger partial charge on any atom is -0.497 e. The van der Waals surface area contributed by atoms with Gasteiger partial charge in [0.05, 0.1) is 36.1 Å². The Bertz CT molecular complexity index is 1020. The number of benzene rings is 2. The maximum Gasteiger partial charge on any atom is 0.338 e. The van der Waals surface area contributed by atoms with E-state index in [-0.39, 0.29) is 18.8 Å². The average Bonchev–Trinajstić information content (AvgIpc) is 2.76. The van der Waals surface area contributed by atoms with Gasteiger partial charge in [0.2, 0.25) is 0 Å². The second-order valence-corrected chi connectivity index (χ2v) is 7.51. The van der Waals surface area contributed by atoms with Crippen molar-refractivity contribution in [1.82, 2.24) is 10.2 Å². The van der Waals surface area contributed by atoms with Crippen LogP contribution in [0.4, 0.5) is 4.79 Å². The Labute approximate surface area is 190 Å². The van der Waals surface area contributed by atoms with Gasteiger partial charge in [0.25, 0.3) is 0 Å². The van der Waals surface area contributed by atoms with Gasteiger partial charge in [-0.2, -0.15) is 0 Å². The van der Waals surface area contributed by atoms with Crippen LogP contribution in [0.2, 0.25) is 10.0 Å². The van der Waals surface area contributed by atoms with E-state index in [0.717, 1.165) is 0 Å². The predicted molar refractivity (Wildman–Crippen MR) is 118 cm³/mol. The zero-order chi connectivity index (χ0) is 22.5. The molecule has 31 heavy (non-hydrogen) atoms. The van der Waals surface area contributed by atoms with Crippen LogP contribution in [0.1, 0.15) is 18.5 Å². The monoisotopic (exact) mass is 464 g/mol. The summed E-state index contributed by atoms with van der Waals surface area (Å²) in [6.07, 6.45) is 0. The van der Waals surface area contributed by atoms with Crippen LogP contribution >= 0.6 is 23.2 Å². The molecule has 0 saturated heterocycles. The second kappa shape index (κ2) is 9.94. The number of likely N-dealkylation sites (N-methyl/N-ethyl adjacent to an activating group) is 1. The van der Waals surface area contributed by atoms with Crippen molar-refractivity contribution < 1.29 is 23.8 Å². The molecule has 0 bridgehead atoms. The maximum atomic E-state index is 12.9. The summed E-state index contributed by atoms with van der Waals surface area (Å²) < 4.78 is 16.4. The Hall–Kier alpha value is -2.90. The third-order valence-corrected chi connectivity index (χ3v) is 5.30. The SMILES string of the molecule is CCOC(=O)C1=C(COc2cc(Cl)ccc2Cl)N(C)C(=O)N[C@H]1c1cccc(OC)c1. The molecule has 2 aromatic rings. The van der Waals surface area contributed by atoms with E-state index >= 15 is 0 Å². The van der Waals surface area contributed by atoms with E-state index < -0.39 is 18.0 Å². The van der Waals surface area contributed by atoms with Crippen LogP contribution in [-0.4, -0.2) is 44.3 Å². The molecule has 9 heteroatoms. The number of amides is 2. The lowest BCUT2D eigenvalue weighted by atomic mass is 9.94. The van der Waals surface area contributed by atoms with Gasteiger partial charge < -0.3 is 19.5 Å². The highest BCUT2D eigenvalue weighted by atomic mass is 35.5. The Morgan fingerprint density at radius 1 is 1.19 bits per heavy atom. The summed E-state index contributed by atoms with van der Waals surface area (Å²) in [5, 5.41) is 3.65. The Morgan fingerprint density at radius 2 is 1.97 bits per heavy atom. The van der Waals surface area contributed by atoms with Gasteiger partial charge in [-0.25, -0.2) is 9.59 Å². The van der Waals surface area contributed by atoms with Crippen molar-refractivity contribution in [2.24, 2.45) is 0 Å². The van der Waals surface area contributed by atoms with Crippen molar-refractivity contribution in [3.05, 3.63) is 69.3 Å². The van der Waals surface area contributed by atoms with Gasteiger partial charge in [0.1, 0.15) is 18.1 Å². The van der Waals surface area contributed by atoms with Crippen molar-refractivity contribution >= 4 is 35.2 Å². The number of nitrogens with zero attached hydrogens (tertiary/aromatic N) is 1. The van der Waals surface area contributed by atoms with Gasteiger partial charge in [0, 0.05) is 18.1 Å². The Balaban J connectivity index is 2.06. The molecule has 0 unspecified atom stereocenters. The third kappa shape index (κ3) is 5.06. The number of esters is 1. The second-order valence-electron chi connectivity index (χ2n) is 6.66. The van der Waals surface area contributed by atoms with E-state index in [1.54, 1.807) is 63.5 Å². The Morgan fingerprint density at radius 3 is 2.68 bits per heavy atom. The van der Waals surface area contributed by atoms with E-state index in [1.165, 1.54) is 4.90 Å². The van der Waals surface area contributed by atoms with Gasteiger partial charge in [-0.15, -0.1) is 0 Å². The summed E-state index contributed by atoms with van der Waals surface area (Å²) >= 11 is 12.2. The van der Waals surface area contributed by atoms with Crippen LogP contribution in [0.15, 0.2) is 53.7 Å². The molecule has 0 aliphatic carbocycles. The number of urea groups is 1. The minimum absolute atomic E-state index is 0.0986. The van der Waals surface area contributed by atoms with Gasteiger partial charge >= 0.3 is 12.0 Å². The van der Waals surface area contributed by atoms with Crippen LogP contribution in [0.5, 0.6) is 11.5 Å². The fourth-order valence-corrected chi connectivity index (χ4v) is 3.52. The Kier molecular flexibility index (Phi) is 7.30. The third-order valence-electron chi connectivity index (χ3n) is 4.76. The molecule has 0 aromatic heterocycles. The van der Waals surface area contributed by atoms with E-state index in [9.17, 15) is 9.59 Å². The van der Waals surface area contributed by atoms with Crippen LogP contribution in [0.3, 0.4) is 0 Å². The predicted octanol–water partition coefficient (Wildman–Crippen LogP) is 4.59. The van der Waals surface area contributed by atoms with Crippen molar-refractivity contribution in [3.63, 3.8) is 0 Å². The van der Waals surface area contributed by atoms with Gasteiger partial charge in [-0.3, -0.25) is 4.90 Å². The maximum absolute atomic E-state index is 12.9. The van der Waals surface area contributed by atoms with E-state index in [4.69, 9.17) is 37.4 Å². The fourth-order valence-electron chi connectivity index (χ4n) is 3.19. The molecule has 1 atom stereocenters. The highest BCUT2D eigenvalue weighted by Crippen LogP contribution is 2.34. The first-order valence-corrected chi connectivity index (χ1v) is 10.3. The lowest BCUT2D eigenvalue weighted by molar-refractivity contribution is -0.139. The summed E-state index contributed by atoms with van der Waals surface area (Å²) in [5.41, 5.74) is 1.28. The number of rotatable bonds is 7. The largest absolute Gasteiger partial charge is 0.497 e. The van der Waals surface area contributed by atoms with Crippen molar-refractivity contribution in [3.8, 4) is 11.5 Å². The topological polar surface area (TPSA) is 77.1 Å². The van der Waals surface area contributed by atoms with Gasteiger partial charge in [-0.05, 0) is 36.8 Å². The number of carbonyl (C=O) groups excluding carboxylic acids is 2. The normalized spacial score (nSPS) is 16.1. The molecule has 1 aliphatic heterocycles. The number of nitrogens with one attached hydrogen (secondary N) is 1. The van der Waals surface area contributed by atoms with Crippen molar-refractivity contribution in [2.75, 3.05) is 27.4 Å². The number of hydrogen-bond donors (Lipinski definition) is 1. The molecule has 0 spiro atoms. The fraction of sp³-hybridized carbons (Fsp3) is 0.273. The molecule has 3 rings (SSSR count). The van der Waals surface area contributed by atoms with E-state index in [1.807, 2.05) is 0 Å². The number of ether oxygens (including phenoxy) is 3. The average molecular weight is 465 g/mol. The van der Waals surface area contributed by atoms with Gasteiger partial charge in [-0.1, -0.05) is 35.3 Å². The highest BCUT2D eigenvalue weighted by Gasteiger charge is 2.37. The summed E-state index contributed by atoms with van der Waals surface area (Å²) in [7, 11) is 3.09. The number of hydrogen-bond acceptors (Lipinski definition) is 5. The molecule has 1 N–H and O–H groups in total. The van der Waals surface area contributed by atoms with Crippen LogP contribution in [0, 0.1) is 0 Å². The van der Waals surface area contributed by atoms with Crippen LogP contribution < -0.4 is 14.8 Å². The molecular weight excluding hydrogens is 443 g/mol. The minimum atomic E-state index is -0.744. The summed E-state index contributed by atoms with van der Waals surface area (Å²) in [4.78, 5) is 27.0. The molecule has 0 radical (unpaired) electrons. The van der Waals surface area contributed by atoms with E-state index in [0.29, 0.717) is 32.8 Å². The highest BCUT2D eigenvalue weighted by molar-refractivity contribution is 6.34. The van der Waals surface area contributed by atoms with Crippen LogP contribution in [-0.2, 0) is 9.53 Å². The zero-order valence-corrected chi connectivity index (χ0v) is 18.8. The molecule has 7 nitrogen and oxygen atoms in total. The zero-order valence-electron chi connectivity index (χ0n) is 17.3. The first kappa shape index (κ1) is 22.8. The molecular formula is C22H22Cl2N2O5. The first-order chi connectivity index (χ1) is 14.8. The van der Waals surface area contributed by atoms with Crippen molar-refractivity contribution in [1.29, 1.82) is 0 Å². The summed E-state index contributed by atoms with van der Waals surface area (Å²) in [6.45, 7) is 1.80. The standard InChI is InChI=1S/C22H22Cl2N2O5/c1-4-30-21(27)19-17(12-31-18-11-14(23)8-9-16(18)24)26(2)22(28)25-20(19)13-6-5-7-15(10-13)29-3/h5-11,20H,4,12H2,1-3H3,(H,25,28)/t20-/m0/s1. The lowest BCUT2D eigenvalue weighted by Crippen LogP contribution is -2.48. The lowest BCUT2D eigenvalue weighted by Gasteiger charge is -2.34. The number of carbonyl (C=O) groups is 2. The smallest absolute Gasteiger partial charge is 0.338 e. The molecule has 0 saturated carbocycles. The van der Waals surface area contributed by atoms with Crippen LogP contribution in [0.25, 0.3) is 0 Å². The number of halogens is 2. The molecule has 2 aromatic carbocycles. The molecule has 164 valence electrons. The molecule has 1 aliphatic rings. The molecule has 1 heterocycles. The summed E-state index contributed by atoms with van der Waals surface area (Å²) in [6, 6.07) is 10.8. The quantitative estimate of drug-likeness (QED) is 0.606. The number of methoxy groups -OCH3 is 1. The molecule has 2 amide bonds. The molecule has 0 fully saturated rings. The van der Waals surface area contributed by atoms with Gasteiger partial charge in [0.15, 0.2) is 0 Å². The first-order valence-electron chi connectivity index (χ1n) is 9.51. The van der Waals surface area contributed by atoms with Crippen molar-refractivity contribution in [2.45, 2.75) is 13.0 Å².